The van der Waals surface area contributed by atoms with E-state index in [1.54, 1.807) is 33.5 Å². The first-order valence-electron chi connectivity index (χ1n) is 11.2. The molecule has 5 rings (SSSR count). The van der Waals surface area contributed by atoms with Gasteiger partial charge in [0.15, 0.2) is 11.1 Å². The zero-order chi connectivity index (χ0) is 24.4. The number of carbonyl (C=O) groups excluding carboxylic acids is 1. The molecule has 9 nitrogen and oxygen atoms in total. The van der Waals surface area contributed by atoms with Gasteiger partial charge in [-0.2, -0.15) is 5.10 Å². The molecule has 2 aromatic carbocycles. The highest BCUT2D eigenvalue weighted by Crippen LogP contribution is 2.12. The van der Waals surface area contributed by atoms with Crippen LogP contribution in [0.5, 0.6) is 0 Å². The maximum Gasteiger partial charge on any atom is 0.264 e. The third-order valence-electron chi connectivity index (χ3n) is 5.76. The Labute approximate surface area is 199 Å². The fraction of sp³-hybridized carbons (Fsp3) is 0.192. The summed E-state index contributed by atoms with van der Waals surface area (Å²) in [5, 5.41) is 7.96. The molecule has 0 radical (unpaired) electrons. The topological polar surface area (TPSA) is 112 Å². The monoisotopic (exact) mass is 469 g/mol. The van der Waals surface area contributed by atoms with E-state index < -0.39 is 0 Å². The molecular weight excluding hydrogens is 446 g/mol. The lowest BCUT2D eigenvalue weighted by molar-refractivity contribution is -0.120. The van der Waals surface area contributed by atoms with Crippen molar-refractivity contribution in [3.63, 3.8) is 0 Å². The number of nitrogens with one attached hydrogen (secondary N) is 1. The van der Waals surface area contributed by atoms with Crippen LogP contribution in [0.2, 0.25) is 0 Å². The highest BCUT2D eigenvalue weighted by molar-refractivity contribution is 5.80. The summed E-state index contributed by atoms with van der Waals surface area (Å²) in [6.45, 7) is 3.06. The fourth-order valence-electron chi connectivity index (χ4n) is 3.93. The maximum absolute atomic E-state index is 12.9. The molecule has 1 N–H and O–H groups in total. The average molecular weight is 470 g/mol. The molecule has 0 aliphatic carbocycles. The molecule has 0 saturated carbocycles. The van der Waals surface area contributed by atoms with Crippen molar-refractivity contribution in [1.82, 2.24) is 24.6 Å². The molecule has 0 aliphatic rings. The van der Waals surface area contributed by atoms with Crippen molar-refractivity contribution in [2.75, 3.05) is 6.54 Å². The number of fused-ring (bicyclic) bond motifs is 2. The predicted molar refractivity (Wildman–Crippen MR) is 131 cm³/mol. The Morgan fingerprint density at radius 3 is 2.69 bits per heavy atom. The maximum atomic E-state index is 12.9. The Kier molecular flexibility index (Phi) is 5.97. The van der Waals surface area contributed by atoms with E-state index in [0.717, 1.165) is 11.1 Å². The van der Waals surface area contributed by atoms with Crippen molar-refractivity contribution >= 4 is 27.9 Å². The average Bonchev–Trinajstić information content (AvgIpc) is 3.26. The minimum absolute atomic E-state index is 0.0537. The zero-order valence-electron chi connectivity index (χ0n) is 19.1. The Bertz CT molecular complexity index is 1650. The van der Waals surface area contributed by atoms with Gasteiger partial charge in [0.2, 0.25) is 5.91 Å². The SMILES string of the molecule is Cc1ccc(Cn2cnc3c(cnn3CCNC(=O)Cc3cc(=O)c4ccccc4o3)c2=O)cc1. The minimum atomic E-state index is -0.284. The van der Waals surface area contributed by atoms with Crippen molar-refractivity contribution in [2.24, 2.45) is 0 Å². The number of carbonyl (C=O) groups is 1. The second-order valence-electron chi connectivity index (χ2n) is 8.37. The summed E-state index contributed by atoms with van der Waals surface area (Å²) in [6.07, 6.45) is 2.97. The van der Waals surface area contributed by atoms with Crippen LogP contribution in [-0.4, -0.2) is 31.8 Å². The van der Waals surface area contributed by atoms with Gasteiger partial charge >= 0.3 is 0 Å². The van der Waals surface area contributed by atoms with Crippen molar-refractivity contribution in [2.45, 2.75) is 26.4 Å². The van der Waals surface area contributed by atoms with Crippen molar-refractivity contribution in [3.05, 3.63) is 105 Å². The minimum Gasteiger partial charge on any atom is -0.460 e. The first kappa shape index (κ1) is 22.3. The Hall–Kier alpha value is -4.53. The molecule has 0 unspecified atom stereocenters. The summed E-state index contributed by atoms with van der Waals surface area (Å²) in [5.41, 5.74) is 2.73. The molecule has 3 heterocycles. The van der Waals surface area contributed by atoms with Gasteiger partial charge in [-0.25, -0.2) is 9.67 Å². The number of aryl methyl sites for hydroxylation is 1. The number of aromatic nitrogens is 4. The van der Waals surface area contributed by atoms with Crippen LogP contribution < -0.4 is 16.3 Å². The molecule has 35 heavy (non-hydrogen) atoms. The molecule has 0 spiro atoms. The Balaban J connectivity index is 1.23. The van der Waals surface area contributed by atoms with Crippen LogP contribution in [0.3, 0.4) is 0 Å². The Morgan fingerprint density at radius 1 is 1.06 bits per heavy atom. The van der Waals surface area contributed by atoms with Crippen LogP contribution in [0, 0.1) is 6.92 Å². The zero-order valence-corrected chi connectivity index (χ0v) is 19.1. The van der Waals surface area contributed by atoms with Gasteiger partial charge in [0.25, 0.3) is 5.56 Å². The van der Waals surface area contributed by atoms with Crippen LogP contribution in [0.15, 0.2) is 81.1 Å². The van der Waals surface area contributed by atoms with Gasteiger partial charge in [0, 0.05) is 12.6 Å². The fourth-order valence-corrected chi connectivity index (χ4v) is 3.93. The van der Waals surface area contributed by atoms with Crippen molar-refractivity contribution < 1.29 is 9.21 Å². The number of nitrogens with zero attached hydrogens (tertiary/aromatic N) is 4. The molecule has 9 heteroatoms. The lowest BCUT2D eigenvalue weighted by Gasteiger charge is -2.08. The molecule has 176 valence electrons. The molecule has 0 atom stereocenters. The quantitative estimate of drug-likeness (QED) is 0.392. The van der Waals surface area contributed by atoms with E-state index >= 15 is 0 Å². The number of rotatable bonds is 7. The van der Waals surface area contributed by atoms with Crippen LogP contribution in [0.1, 0.15) is 16.9 Å². The molecule has 0 fully saturated rings. The first-order chi connectivity index (χ1) is 17.0. The second-order valence-corrected chi connectivity index (χ2v) is 8.37. The summed E-state index contributed by atoms with van der Waals surface area (Å²) >= 11 is 0. The molecule has 0 aliphatic heterocycles. The molecule has 5 aromatic rings. The summed E-state index contributed by atoms with van der Waals surface area (Å²) in [7, 11) is 0. The van der Waals surface area contributed by atoms with E-state index in [2.05, 4.69) is 15.4 Å². The number of amides is 1. The van der Waals surface area contributed by atoms with E-state index in [-0.39, 0.29) is 29.9 Å². The third kappa shape index (κ3) is 4.74. The van der Waals surface area contributed by atoms with E-state index in [0.29, 0.717) is 40.9 Å². The highest BCUT2D eigenvalue weighted by atomic mass is 16.3. The smallest absolute Gasteiger partial charge is 0.264 e. The van der Waals surface area contributed by atoms with E-state index in [1.165, 1.54) is 18.6 Å². The standard InChI is InChI=1S/C26H23N5O4/c1-17-6-8-18(9-7-17)15-30-16-28-25-21(26(30)34)14-29-31(25)11-10-27-24(33)13-19-12-22(32)20-4-2-3-5-23(20)35-19/h2-9,12,14,16H,10-11,13,15H2,1H3,(H,27,33). The predicted octanol–water partition coefficient (Wildman–Crippen LogP) is 2.42. The lowest BCUT2D eigenvalue weighted by Crippen LogP contribution is -2.29. The van der Waals surface area contributed by atoms with E-state index in [1.807, 2.05) is 31.2 Å². The van der Waals surface area contributed by atoms with Crippen LogP contribution >= 0.6 is 0 Å². The van der Waals surface area contributed by atoms with E-state index in [4.69, 9.17) is 4.42 Å². The third-order valence-corrected chi connectivity index (χ3v) is 5.76. The van der Waals surface area contributed by atoms with Gasteiger partial charge in [-0.3, -0.25) is 19.0 Å². The largest absolute Gasteiger partial charge is 0.460 e. The molecule has 0 saturated heterocycles. The summed E-state index contributed by atoms with van der Waals surface area (Å²) in [4.78, 5) is 41.9. The van der Waals surface area contributed by atoms with Crippen LogP contribution in [-0.2, 0) is 24.3 Å². The van der Waals surface area contributed by atoms with Crippen molar-refractivity contribution in [1.29, 1.82) is 0 Å². The first-order valence-corrected chi connectivity index (χ1v) is 11.2. The second kappa shape index (κ2) is 9.38. The number of hydrogen-bond acceptors (Lipinski definition) is 6. The van der Waals surface area contributed by atoms with Gasteiger partial charge in [-0.15, -0.1) is 0 Å². The normalized spacial score (nSPS) is 11.2. The van der Waals surface area contributed by atoms with Gasteiger partial charge in [0.1, 0.15) is 23.1 Å². The Morgan fingerprint density at radius 2 is 1.86 bits per heavy atom. The molecule has 0 bridgehead atoms. The van der Waals surface area contributed by atoms with Gasteiger partial charge in [-0.1, -0.05) is 42.0 Å². The van der Waals surface area contributed by atoms with E-state index in [9.17, 15) is 14.4 Å². The number of para-hydroxylation sites is 1. The molecule has 1 amide bonds. The number of hydrogen-bond donors (Lipinski definition) is 1. The summed E-state index contributed by atoms with van der Waals surface area (Å²) < 4.78 is 8.81. The van der Waals surface area contributed by atoms with Crippen molar-refractivity contribution in [3.8, 4) is 0 Å². The van der Waals surface area contributed by atoms with Crippen LogP contribution in [0.4, 0.5) is 0 Å². The number of benzene rings is 2. The van der Waals surface area contributed by atoms with Gasteiger partial charge in [0.05, 0.1) is 31.1 Å². The lowest BCUT2D eigenvalue weighted by atomic mass is 10.1. The summed E-state index contributed by atoms with van der Waals surface area (Å²) in [5.74, 6) is 0.0137. The van der Waals surface area contributed by atoms with Gasteiger partial charge < -0.3 is 9.73 Å². The summed E-state index contributed by atoms with van der Waals surface area (Å²) in [6, 6.07) is 16.2. The van der Waals surface area contributed by atoms with Crippen LogP contribution in [0.25, 0.3) is 22.0 Å². The molecule has 3 aromatic heterocycles. The van der Waals surface area contributed by atoms with Gasteiger partial charge in [-0.05, 0) is 24.6 Å². The molecular formula is C26H23N5O4. The highest BCUT2D eigenvalue weighted by Gasteiger charge is 2.12.